The van der Waals surface area contributed by atoms with E-state index in [9.17, 15) is 0 Å². The van der Waals surface area contributed by atoms with E-state index in [2.05, 4.69) is 5.10 Å². The standard InChI is InChI=1S/C6H11N3S/c1-9-6(7)5(3-8-9)4-10-2/h3H,4,7H2,1-2H3. The van der Waals surface area contributed by atoms with Crippen molar-refractivity contribution < 1.29 is 0 Å². The van der Waals surface area contributed by atoms with Crippen molar-refractivity contribution >= 4 is 17.6 Å². The van der Waals surface area contributed by atoms with Gasteiger partial charge in [0, 0.05) is 18.4 Å². The predicted octanol–water partition coefficient (Wildman–Crippen LogP) is 0.865. The van der Waals surface area contributed by atoms with Crippen LogP contribution in [0.3, 0.4) is 0 Å². The van der Waals surface area contributed by atoms with Gasteiger partial charge in [0.1, 0.15) is 5.82 Å². The first-order valence-corrected chi connectivity index (χ1v) is 4.40. The van der Waals surface area contributed by atoms with Gasteiger partial charge in [-0.25, -0.2) is 0 Å². The fourth-order valence-corrected chi connectivity index (χ4v) is 1.29. The normalized spacial score (nSPS) is 10.2. The molecule has 0 fully saturated rings. The Morgan fingerprint density at radius 1 is 1.80 bits per heavy atom. The highest BCUT2D eigenvalue weighted by atomic mass is 32.2. The first kappa shape index (κ1) is 7.47. The topological polar surface area (TPSA) is 43.8 Å². The van der Waals surface area contributed by atoms with Gasteiger partial charge in [-0.2, -0.15) is 16.9 Å². The molecule has 56 valence electrons. The van der Waals surface area contributed by atoms with Gasteiger partial charge >= 0.3 is 0 Å². The molecule has 0 aliphatic heterocycles. The van der Waals surface area contributed by atoms with Gasteiger partial charge in [-0.15, -0.1) is 0 Å². The lowest BCUT2D eigenvalue weighted by Crippen LogP contribution is -1.98. The van der Waals surface area contributed by atoms with Gasteiger partial charge in [0.15, 0.2) is 0 Å². The molecule has 3 nitrogen and oxygen atoms in total. The number of thioether (sulfide) groups is 1. The largest absolute Gasteiger partial charge is 0.384 e. The lowest BCUT2D eigenvalue weighted by atomic mass is 10.4. The van der Waals surface area contributed by atoms with E-state index in [0.29, 0.717) is 0 Å². The fourth-order valence-electron chi connectivity index (χ4n) is 0.759. The third-order valence-electron chi connectivity index (χ3n) is 1.36. The molecular formula is C6H11N3S. The molecule has 1 aromatic rings. The zero-order valence-electron chi connectivity index (χ0n) is 6.16. The minimum absolute atomic E-state index is 0.773. The molecule has 0 amide bonds. The van der Waals surface area contributed by atoms with Crippen LogP contribution in [0.2, 0.25) is 0 Å². The zero-order chi connectivity index (χ0) is 7.56. The van der Waals surface area contributed by atoms with Gasteiger partial charge in [-0.05, 0) is 6.26 Å². The molecule has 4 heteroatoms. The Balaban J connectivity index is 2.83. The number of rotatable bonds is 2. The van der Waals surface area contributed by atoms with E-state index in [1.54, 1.807) is 16.4 Å². The molecule has 0 aliphatic carbocycles. The van der Waals surface area contributed by atoms with Crippen LogP contribution < -0.4 is 5.73 Å². The van der Waals surface area contributed by atoms with Crippen LogP contribution >= 0.6 is 11.8 Å². The minimum atomic E-state index is 0.773. The maximum atomic E-state index is 5.68. The number of nitrogens with zero attached hydrogens (tertiary/aromatic N) is 2. The highest BCUT2D eigenvalue weighted by Gasteiger charge is 2.01. The van der Waals surface area contributed by atoms with Crippen LogP contribution in [0, 0.1) is 0 Å². The Bertz CT molecular complexity index is 219. The maximum Gasteiger partial charge on any atom is 0.125 e. The molecule has 0 saturated heterocycles. The van der Waals surface area contributed by atoms with Crippen molar-refractivity contribution in [2.45, 2.75) is 5.75 Å². The maximum absolute atomic E-state index is 5.68. The lowest BCUT2D eigenvalue weighted by molar-refractivity contribution is 0.779. The first-order chi connectivity index (χ1) is 4.75. The summed E-state index contributed by atoms with van der Waals surface area (Å²) in [7, 11) is 1.85. The molecule has 0 bridgehead atoms. The number of nitrogen functional groups attached to an aromatic ring is 1. The molecule has 1 rings (SSSR count). The van der Waals surface area contributed by atoms with E-state index in [-0.39, 0.29) is 0 Å². The number of anilines is 1. The van der Waals surface area contributed by atoms with Crippen molar-refractivity contribution in [1.29, 1.82) is 0 Å². The summed E-state index contributed by atoms with van der Waals surface area (Å²) in [4.78, 5) is 0. The Labute approximate surface area is 64.6 Å². The molecule has 0 aliphatic rings. The van der Waals surface area contributed by atoms with Crippen LogP contribution in [0.4, 0.5) is 5.82 Å². The van der Waals surface area contributed by atoms with Crippen LogP contribution in [0.1, 0.15) is 5.56 Å². The zero-order valence-corrected chi connectivity index (χ0v) is 6.98. The van der Waals surface area contributed by atoms with E-state index in [0.717, 1.165) is 17.1 Å². The van der Waals surface area contributed by atoms with Crippen molar-refractivity contribution in [3.8, 4) is 0 Å². The molecule has 2 N–H and O–H groups in total. The first-order valence-electron chi connectivity index (χ1n) is 3.01. The molecule has 1 aromatic heterocycles. The van der Waals surface area contributed by atoms with Gasteiger partial charge in [0.2, 0.25) is 0 Å². The molecule has 0 aromatic carbocycles. The van der Waals surface area contributed by atoms with Crippen molar-refractivity contribution in [3.05, 3.63) is 11.8 Å². The Morgan fingerprint density at radius 2 is 2.50 bits per heavy atom. The summed E-state index contributed by atoms with van der Waals surface area (Å²) in [5.74, 6) is 1.72. The summed E-state index contributed by atoms with van der Waals surface area (Å²) in [5, 5.41) is 4.01. The van der Waals surface area contributed by atoms with Crippen molar-refractivity contribution in [3.63, 3.8) is 0 Å². The van der Waals surface area contributed by atoms with Gasteiger partial charge in [0.25, 0.3) is 0 Å². The molecule has 10 heavy (non-hydrogen) atoms. The molecule has 0 radical (unpaired) electrons. The molecule has 0 atom stereocenters. The number of hydrogen-bond acceptors (Lipinski definition) is 3. The number of nitrogens with two attached hydrogens (primary N) is 1. The summed E-state index contributed by atoms with van der Waals surface area (Å²) in [5.41, 5.74) is 6.80. The van der Waals surface area contributed by atoms with Gasteiger partial charge in [-0.1, -0.05) is 0 Å². The van der Waals surface area contributed by atoms with Crippen LogP contribution in [0.15, 0.2) is 6.20 Å². The summed E-state index contributed by atoms with van der Waals surface area (Å²) in [6.45, 7) is 0. The average Bonchev–Trinajstić information content (AvgIpc) is 2.20. The molecule has 0 spiro atoms. The number of aryl methyl sites for hydroxylation is 1. The summed E-state index contributed by atoms with van der Waals surface area (Å²) >= 11 is 1.75. The Kier molecular flexibility index (Phi) is 2.21. The average molecular weight is 157 g/mol. The quantitative estimate of drug-likeness (QED) is 0.692. The van der Waals surface area contributed by atoms with Crippen molar-refractivity contribution in [2.24, 2.45) is 7.05 Å². The predicted molar refractivity (Wildman–Crippen MR) is 44.8 cm³/mol. The highest BCUT2D eigenvalue weighted by Crippen LogP contribution is 2.14. The smallest absolute Gasteiger partial charge is 0.125 e. The van der Waals surface area contributed by atoms with E-state index < -0.39 is 0 Å². The van der Waals surface area contributed by atoms with Crippen LogP contribution in [-0.2, 0) is 12.8 Å². The second-order valence-electron chi connectivity index (χ2n) is 2.11. The Hall–Kier alpha value is -0.640. The van der Waals surface area contributed by atoms with Gasteiger partial charge in [-0.3, -0.25) is 4.68 Å². The second kappa shape index (κ2) is 2.96. The lowest BCUT2D eigenvalue weighted by Gasteiger charge is -1.95. The van der Waals surface area contributed by atoms with Crippen LogP contribution in [-0.4, -0.2) is 16.0 Å². The van der Waals surface area contributed by atoms with Crippen LogP contribution in [0.25, 0.3) is 0 Å². The van der Waals surface area contributed by atoms with E-state index in [4.69, 9.17) is 5.73 Å². The summed E-state index contributed by atoms with van der Waals surface area (Å²) in [6, 6.07) is 0. The van der Waals surface area contributed by atoms with Crippen molar-refractivity contribution in [2.75, 3.05) is 12.0 Å². The third-order valence-corrected chi connectivity index (χ3v) is 1.96. The molecule has 0 saturated carbocycles. The third kappa shape index (κ3) is 1.26. The van der Waals surface area contributed by atoms with Crippen molar-refractivity contribution in [1.82, 2.24) is 9.78 Å². The monoisotopic (exact) mass is 157 g/mol. The van der Waals surface area contributed by atoms with E-state index >= 15 is 0 Å². The summed E-state index contributed by atoms with van der Waals surface area (Å²) in [6.07, 6.45) is 3.86. The fraction of sp³-hybridized carbons (Fsp3) is 0.500. The van der Waals surface area contributed by atoms with E-state index in [1.807, 2.05) is 19.5 Å². The highest BCUT2D eigenvalue weighted by molar-refractivity contribution is 7.97. The summed E-state index contributed by atoms with van der Waals surface area (Å²) < 4.78 is 1.69. The minimum Gasteiger partial charge on any atom is -0.384 e. The number of aromatic nitrogens is 2. The molecule has 1 heterocycles. The molecular weight excluding hydrogens is 146 g/mol. The van der Waals surface area contributed by atoms with Crippen LogP contribution in [0.5, 0.6) is 0 Å². The van der Waals surface area contributed by atoms with Gasteiger partial charge < -0.3 is 5.73 Å². The Morgan fingerprint density at radius 3 is 2.90 bits per heavy atom. The number of hydrogen-bond donors (Lipinski definition) is 1. The van der Waals surface area contributed by atoms with E-state index in [1.165, 1.54) is 0 Å². The molecule has 0 unspecified atom stereocenters. The van der Waals surface area contributed by atoms with Gasteiger partial charge in [0.05, 0.1) is 6.20 Å². The second-order valence-corrected chi connectivity index (χ2v) is 2.98. The SMILES string of the molecule is CSCc1cnn(C)c1N.